The number of nitrogens with zero attached hydrogens (tertiary/aromatic N) is 1. The highest BCUT2D eigenvalue weighted by Gasteiger charge is 2.21. The molecule has 0 saturated carbocycles. The quantitative estimate of drug-likeness (QED) is 0.846. The molecule has 2 rings (SSSR count). The summed E-state index contributed by atoms with van der Waals surface area (Å²) in [4.78, 5) is 0. The molecule has 1 aromatic carbocycles. The molecule has 3 heteroatoms. The van der Waals surface area contributed by atoms with E-state index in [1.54, 1.807) is 6.07 Å². The SMILES string of the molecule is CC(C)n1cc(C(C)(C)N)c2ccc(F)cc21. The largest absolute Gasteiger partial charge is 0.345 e. The smallest absolute Gasteiger partial charge is 0.125 e. The van der Waals surface area contributed by atoms with E-state index in [0.717, 1.165) is 16.5 Å². The Labute approximate surface area is 101 Å². The van der Waals surface area contributed by atoms with Crippen LogP contribution in [0.5, 0.6) is 0 Å². The highest BCUT2D eigenvalue weighted by atomic mass is 19.1. The van der Waals surface area contributed by atoms with Gasteiger partial charge in [0.15, 0.2) is 0 Å². The molecule has 0 spiro atoms. The van der Waals surface area contributed by atoms with E-state index in [2.05, 4.69) is 18.4 Å². The molecule has 2 N–H and O–H groups in total. The first-order valence-corrected chi connectivity index (χ1v) is 5.90. The number of rotatable bonds is 2. The standard InChI is InChI=1S/C14H19FN2/c1-9(2)17-8-12(14(3,4)16)11-6-5-10(15)7-13(11)17/h5-9H,16H2,1-4H3. The van der Waals surface area contributed by atoms with E-state index in [0.29, 0.717) is 0 Å². The van der Waals surface area contributed by atoms with E-state index in [4.69, 9.17) is 5.73 Å². The number of aromatic nitrogens is 1. The number of fused-ring (bicyclic) bond motifs is 1. The third kappa shape index (κ3) is 2.07. The van der Waals surface area contributed by atoms with Crippen LogP contribution >= 0.6 is 0 Å². The second kappa shape index (κ2) is 3.84. The van der Waals surface area contributed by atoms with Crippen LogP contribution in [-0.4, -0.2) is 4.57 Å². The molecule has 0 aliphatic rings. The minimum Gasteiger partial charge on any atom is -0.345 e. The summed E-state index contributed by atoms with van der Waals surface area (Å²) in [5, 5.41) is 1.03. The predicted octanol–water partition coefficient (Wildman–Crippen LogP) is 3.56. The molecule has 0 aliphatic carbocycles. The van der Waals surface area contributed by atoms with Crippen LogP contribution < -0.4 is 5.73 Å². The minimum absolute atomic E-state index is 0.209. The molecule has 92 valence electrons. The van der Waals surface area contributed by atoms with Gasteiger partial charge in [-0.25, -0.2) is 4.39 Å². The van der Waals surface area contributed by atoms with E-state index in [-0.39, 0.29) is 11.9 Å². The molecular formula is C14H19FN2. The van der Waals surface area contributed by atoms with Crippen LogP contribution in [0.15, 0.2) is 24.4 Å². The van der Waals surface area contributed by atoms with Crippen molar-refractivity contribution in [1.29, 1.82) is 0 Å². The van der Waals surface area contributed by atoms with Crippen molar-refractivity contribution in [3.8, 4) is 0 Å². The van der Waals surface area contributed by atoms with Crippen molar-refractivity contribution in [3.05, 3.63) is 35.8 Å². The average molecular weight is 234 g/mol. The van der Waals surface area contributed by atoms with E-state index < -0.39 is 5.54 Å². The maximum absolute atomic E-state index is 13.3. The van der Waals surface area contributed by atoms with Gasteiger partial charge in [0, 0.05) is 23.2 Å². The van der Waals surface area contributed by atoms with Gasteiger partial charge in [-0.1, -0.05) is 0 Å². The molecule has 0 fully saturated rings. The van der Waals surface area contributed by atoms with Gasteiger partial charge in [0.1, 0.15) is 5.82 Å². The Kier molecular flexibility index (Phi) is 2.74. The maximum atomic E-state index is 13.3. The topological polar surface area (TPSA) is 30.9 Å². The number of nitrogens with two attached hydrogens (primary N) is 1. The van der Waals surface area contributed by atoms with Gasteiger partial charge in [0.2, 0.25) is 0 Å². The fraction of sp³-hybridized carbons (Fsp3) is 0.429. The molecule has 0 bridgehead atoms. The molecule has 0 unspecified atom stereocenters. The van der Waals surface area contributed by atoms with Crippen molar-refractivity contribution in [1.82, 2.24) is 4.57 Å². The van der Waals surface area contributed by atoms with E-state index in [1.165, 1.54) is 6.07 Å². The van der Waals surface area contributed by atoms with Crippen LogP contribution in [0, 0.1) is 5.82 Å². The predicted molar refractivity (Wildman–Crippen MR) is 69.5 cm³/mol. The van der Waals surface area contributed by atoms with Gasteiger partial charge in [0.25, 0.3) is 0 Å². The van der Waals surface area contributed by atoms with Crippen LogP contribution in [0.1, 0.15) is 39.3 Å². The average Bonchev–Trinajstić information content (AvgIpc) is 2.55. The summed E-state index contributed by atoms with van der Waals surface area (Å²) in [6.45, 7) is 8.10. The Morgan fingerprint density at radius 3 is 2.47 bits per heavy atom. The Bertz CT molecular complexity index is 547. The molecule has 1 aromatic heterocycles. The third-order valence-corrected chi connectivity index (χ3v) is 3.05. The molecule has 1 heterocycles. The first-order chi connectivity index (χ1) is 7.80. The molecule has 17 heavy (non-hydrogen) atoms. The van der Waals surface area contributed by atoms with Crippen molar-refractivity contribution in [2.75, 3.05) is 0 Å². The van der Waals surface area contributed by atoms with Gasteiger partial charge in [0.05, 0.1) is 5.52 Å². The lowest BCUT2D eigenvalue weighted by molar-refractivity contribution is 0.549. The van der Waals surface area contributed by atoms with Gasteiger partial charge in [-0.3, -0.25) is 0 Å². The molecule has 0 saturated heterocycles. The summed E-state index contributed by atoms with van der Waals surface area (Å²) >= 11 is 0. The van der Waals surface area contributed by atoms with Gasteiger partial charge >= 0.3 is 0 Å². The number of hydrogen-bond acceptors (Lipinski definition) is 1. The highest BCUT2D eigenvalue weighted by Crippen LogP contribution is 2.31. The van der Waals surface area contributed by atoms with Gasteiger partial charge in [-0.15, -0.1) is 0 Å². The first kappa shape index (κ1) is 12.1. The summed E-state index contributed by atoms with van der Waals surface area (Å²) in [6, 6.07) is 5.16. The normalized spacial score (nSPS) is 12.6. The summed E-state index contributed by atoms with van der Waals surface area (Å²) in [7, 11) is 0. The second-order valence-electron chi connectivity index (χ2n) is 5.43. The van der Waals surface area contributed by atoms with Crippen molar-refractivity contribution in [2.45, 2.75) is 39.3 Å². The number of benzene rings is 1. The summed E-state index contributed by atoms with van der Waals surface area (Å²) in [5.41, 5.74) is 7.71. The van der Waals surface area contributed by atoms with Crippen molar-refractivity contribution in [3.63, 3.8) is 0 Å². The lowest BCUT2D eigenvalue weighted by Gasteiger charge is -2.17. The lowest BCUT2D eigenvalue weighted by Crippen LogP contribution is -2.28. The monoisotopic (exact) mass is 234 g/mol. The zero-order valence-corrected chi connectivity index (χ0v) is 10.8. The van der Waals surface area contributed by atoms with Gasteiger partial charge < -0.3 is 10.3 Å². The zero-order valence-electron chi connectivity index (χ0n) is 10.8. The molecule has 2 nitrogen and oxygen atoms in total. The third-order valence-electron chi connectivity index (χ3n) is 3.05. The van der Waals surface area contributed by atoms with Crippen LogP contribution in [0.25, 0.3) is 10.9 Å². The molecule has 0 amide bonds. The van der Waals surface area contributed by atoms with E-state index >= 15 is 0 Å². The van der Waals surface area contributed by atoms with Gasteiger partial charge in [-0.2, -0.15) is 0 Å². The molecule has 0 atom stereocenters. The van der Waals surface area contributed by atoms with E-state index in [9.17, 15) is 4.39 Å². The molecule has 0 aliphatic heterocycles. The first-order valence-electron chi connectivity index (χ1n) is 5.90. The summed E-state index contributed by atoms with van der Waals surface area (Å²) in [6.07, 6.45) is 2.04. The second-order valence-corrected chi connectivity index (χ2v) is 5.43. The highest BCUT2D eigenvalue weighted by molar-refractivity contribution is 5.85. The maximum Gasteiger partial charge on any atom is 0.125 e. The van der Waals surface area contributed by atoms with Crippen LogP contribution in [0.4, 0.5) is 4.39 Å². The Balaban J connectivity index is 2.80. The van der Waals surface area contributed by atoms with Crippen molar-refractivity contribution < 1.29 is 4.39 Å². The fourth-order valence-corrected chi connectivity index (χ4v) is 2.17. The van der Waals surface area contributed by atoms with E-state index in [1.807, 2.05) is 26.1 Å². The van der Waals surface area contributed by atoms with Crippen LogP contribution in [-0.2, 0) is 5.54 Å². The van der Waals surface area contributed by atoms with Gasteiger partial charge in [-0.05, 0) is 51.5 Å². The summed E-state index contributed by atoms with van der Waals surface area (Å²) < 4.78 is 15.4. The number of hydrogen-bond donors (Lipinski definition) is 1. The Morgan fingerprint density at radius 1 is 1.29 bits per heavy atom. The Hall–Kier alpha value is -1.35. The Morgan fingerprint density at radius 2 is 1.94 bits per heavy atom. The van der Waals surface area contributed by atoms with Crippen LogP contribution in [0.3, 0.4) is 0 Å². The summed E-state index contributed by atoms with van der Waals surface area (Å²) in [5.74, 6) is -0.209. The van der Waals surface area contributed by atoms with Crippen molar-refractivity contribution >= 4 is 10.9 Å². The fourth-order valence-electron chi connectivity index (χ4n) is 2.17. The lowest BCUT2D eigenvalue weighted by atomic mass is 9.95. The molecular weight excluding hydrogens is 215 g/mol. The molecule has 0 radical (unpaired) electrons. The van der Waals surface area contributed by atoms with Crippen LogP contribution in [0.2, 0.25) is 0 Å². The molecule has 2 aromatic rings. The number of halogens is 1. The van der Waals surface area contributed by atoms with Crippen molar-refractivity contribution in [2.24, 2.45) is 5.73 Å². The minimum atomic E-state index is -0.420. The zero-order chi connectivity index (χ0) is 12.8.